The summed E-state index contributed by atoms with van der Waals surface area (Å²) in [5, 5.41) is 1.27. The second-order valence-corrected chi connectivity index (χ2v) is 15.4. The quantitative estimate of drug-likeness (QED) is 0.162. The standard InChI is InChI=1S/C36H31Cl2F3N4O3S/c37-25-8-3-21(4-9-25)33(22-5-10-26(38)11-6-22)24-7-14-31-32(19-24)45(35(43-31)23-1-2-23)27-15-17-44(18-16-27)49(47,48)28-12-13-29(34(42)46)30(20-28)36(39,40)41/h3-14,19-20,23,27,33H,1-2,15-18H2,(H2,42,46). The summed E-state index contributed by atoms with van der Waals surface area (Å²) in [5.41, 5.74) is 7.92. The third-order valence-corrected chi connectivity index (χ3v) is 11.8. The number of carbonyl (C=O) groups is 1. The Labute approximate surface area is 291 Å². The number of fused-ring (bicyclic) bond motifs is 1. The Balaban J connectivity index is 1.22. The molecule has 0 radical (unpaired) electrons. The summed E-state index contributed by atoms with van der Waals surface area (Å²) in [5.74, 6) is -0.126. The van der Waals surface area contributed by atoms with Crippen LogP contribution in [0.15, 0.2) is 89.8 Å². The lowest BCUT2D eigenvalue weighted by Crippen LogP contribution is -2.39. The Bertz CT molecular complexity index is 2110. The Hall–Kier alpha value is -3.90. The van der Waals surface area contributed by atoms with Crippen LogP contribution in [-0.4, -0.2) is 41.3 Å². The fraction of sp³-hybridized carbons (Fsp3) is 0.278. The maximum Gasteiger partial charge on any atom is 0.417 e. The van der Waals surface area contributed by atoms with Crippen LogP contribution < -0.4 is 5.73 Å². The van der Waals surface area contributed by atoms with E-state index in [4.69, 9.17) is 33.9 Å². The zero-order valence-electron chi connectivity index (χ0n) is 26.0. The molecule has 2 aliphatic rings. The number of aromatic nitrogens is 2. The summed E-state index contributed by atoms with van der Waals surface area (Å²) in [7, 11) is -4.28. The number of primary amides is 1. The highest BCUT2D eigenvalue weighted by molar-refractivity contribution is 7.89. The van der Waals surface area contributed by atoms with Gasteiger partial charge in [0.2, 0.25) is 15.9 Å². The number of amides is 1. The molecular formula is C36H31Cl2F3N4O3S. The minimum absolute atomic E-state index is 0.0743. The van der Waals surface area contributed by atoms with Crippen LogP contribution in [0.1, 0.15) is 82.0 Å². The molecule has 1 aromatic heterocycles. The van der Waals surface area contributed by atoms with Gasteiger partial charge in [-0.05, 0) is 97.0 Å². The number of benzene rings is 4. The maximum atomic E-state index is 13.7. The van der Waals surface area contributed by atoms with Crippen molar-refractivity contribution in [3.63, 3.8) is 0 Å². The van der Waals surface area contributed by atoms with Gasteiger partial charge in [-0.15, -0.1) is 0 Å². The minimum atomic E-state index is -4.95. The van der Waals surface area contributed by atoms with E-state index in [1.807, 2.05) is 54.6 Å². The monoisotopic (exact) mass is 726 g/mol. The first kappa shape index (κ1) is 33.6. The van der Waals surface area contributed by atoms with Crippen LogP contribution in [0.2, 0.25) is 10.0 Å². The first-order valence-corrected chi connectivity index (χ1v) is 18.0. The van der Waals surface area contributed by atoms with Gasteiger partial charge in [0.05, 0.1) is 27.1 Å². The van der Waals surface area contributed by atoms with Crippen molar-refractivity contribution in [2.45, 2.75) is 54.6 Å². The van der Waals surface area contributed by atoms with E-state index in [0.29, 0.717) is 34.9 Å². The molecule has 1 aliphatic heterocycles. The smallest absolute Gasteiger partial charge is 0.366 e. The van der Waals surface area contributed by atoms with Gasteiger partial charge in [-0.1, -0.05) is 53.5 Å². The Morgan fingerprint density at radius 1 is 0.816 bits per heavy atom. The number of alkyl halides is 3. The number of rotatable bonds is 8. The predicted octanol–water partition coefficient (Wildman–Crippen LogP) is 8.54. The van der Waals surface area contributed by atoms with E-state index in [2.05, 4.69) is 16.7 Å². The summed E-state index contributed by atoms with van der Waals surface area (Å²) >= 11 is 12.5. The van der Waals surface area contributed by atoms with Crippen LogP contribution in [0, 0.1) is 0 Å². The van der Waals surface area contributed by atoms with Crippen LogP contribution >= 0.6 is 23.2 Å². The van der Waals surface area contributed by atoms with E-state index in [-0.39, 0.29) is 25.0 Å². The minimum Gasteiger partial charge on any atom is -0.366 e. The molecule has 1 amide bonds. The van der Waals surface area contributed by atoms with Crippen molar-refractivity contribution >= 4 is 50.2 Å². The van der Waals surface area contributed by atoms with Gasteiger partial charge in [-0.2, -0.15) is 17.5 Å². The molecule has 1 saturated heterocycles. The fourth-order valence-corrected chi connectivity index (χ4v) is 8.58. The third kappa shape index (κ3) is 6.57. The molecule has 49 heavy (non-hydrogen) atoms. The topological polar surface area (TPSA) is 98.3 Å². The molecule has 2 fully saturated rings. The average Bonchev–Trinajstić information content (AvgIpc) is 3.86. The Kier molecular flexibility index (Phi) is 8.75. The number of imidazole rings is 1. The molecule has 5 aromatic rings. The van der Waals surface area contributed by atoms with Gasteiger partial charge < -0.3 is 10.3 Å². The summed E-state index contributed by atoms with van der Waals surface area (Å²) in [6.07, 6.45) is -2.03. The van der Waals surface area contributed by atoms with Crippen molar-refractivity contribution in [2.24, 2.45) is 5.73 Å². The molecule has 1 saturated carbocycles. The molecule has 7 rings (SSSR count). The number of hydrogen-bond donors (Lipinski definition) is 1. The molecule has 13 heteroatoms. The second kappa shape index (κ2) is 12.8. The molecule has 1 aliphatic carbocycles. The second-order valence-electron chi connectivity index (χ2n) is 12.6. The van der Waals surface area contributed by atoms with Gasteiger partial charge in [-0.3, -0.25) is 4.79 Å². The molecule has 254 valence electrons. The van der Waals surface area contributed by atoms with Gasteiger partial charge >= 0.3 is 6.18 Å². The van der Waals surface area contributed by atoms with Gasteiger partial charge in [0, 0.05) is 41.0 Å². The van der Waals surface area contributed by atoms with Crippen molar-refractivity contribution in [1.82, 2.24) is 13.9 Å². The lowest BCUT2D eigenvalue weighted by atomic mass is 9.85. The van der Waals surface area contributed by atoms with Crippen LogP contribution in [0.5, 0.6) is 0 Å². The summed E-state index contributed by atoms with van der Waals surface area (Å²) in [6.45, 7) is 0.209. The van der Waals surface area contributed by atoms with Gasteiger partial charge in [0.1, 0.15) is 5.82 Å². The fourth-order valence-electron chi connectivity index (χ4n) is 6.83. The SMILES string of the molecule is NC(=O)c1ccc(S(=O)(=O)N2CCC(n3c(C4CC4)nc4ccc(C(c5ccc(Cl)cc5)c5ccc(Cl)cc5)cc43)CC2)cc1C(F)(F)F. The highest BCUT2D eigenvalue weighted by Gasteiger charge is 2.39. The van der Waals surface area contributed by atoms with Crippen LogP contribution in [-0.2, 0) is 16.2 Å². The Morgan fingerprint density at radius 2 is 1.39 bits per heavy atom. The lowest BCUT2D eigenvalue weighted by molar-refractivity contribution is -0.138. The molecule has 2 heterocycles. The number of halogens is 5. The summed E-state index contributed by atoms with van der Waals surface area (Å²) in [4.78, 5) is 16.1. The van der Waals surface area contributed by atoms with E-state index >= 15 is 0 Å². The zero-order valence-corrected chi connectivity index (χ0v) is 28.3. The lowest BCUT2D eigenvalue weighted by Gasteiger charge is -2.33. The molecule has 0 bridgehead atoms. The largest absolute Gasteiger partial charge is 0.417 e. The Morgan fingerprint density at radius 3 is 1.92 bits per heavy atom. The summed E-state index contributed by atoms with van der Waals surface area (Å²) in [6, 6.07) is 24.0. The molecule has 4 aromatic carbocycles. The number of nitrogens with two attached hydrogens (primary N) is 1. The van der Waals surface area contributed by atoms with Crippen molar-refractivity contribution in [3.8, 4) is 0 Å². The van der Waals surface area contributed by atoms with Gasteiger partial charge in [0.25, 0.3) is 0 Å². The van der Waals surface area contributed by atoms with Crippen LogP contribution in [0.4, 0.5) is 13.2 Å². The van der Waals surface area contributed by atoms with Crippen molar-refractivity contribution in [3.05, 3.63) is 129 Å². The normalized spacial score (nSPS) is 16.4. The molecule has 7 nitrogen and oxygen atoms in total. The zero-order chi connectivity index (χ0) is 34.7. The summed E-state index contributed by atoms with van der Waals surface area (Å²) < 4.78 is 71.8. The number of carbonyl (C=O) groups excluding carboxylic acids is 1. The van der Waals surface area contributed by atoms with Crippen LogP contribution in [0.3, 0.4) is 0 Å². The van der Waals surface area contributed by atoms with Crippen LogP contribution in [0.25, 0.3) is 11.0 Å². The predicted molar refractivity (Wildman–Crippen MR) is 183 cm³/mol. The highest BCUT2D eigenvalue weighted by Crippen LogP contribution is 2.44. The van der Waals surface area contributed by atoms with Crippen molar-refractivity contribution in [2.75, 3.05) is 13.1 Å². The molecule has 2 N–H and O–H groups in total. The molecule has 0 unspecified atom stereocenters. The van der Waals surface area contributed by atoms with E-state index in [1.54, 1.807) is 0 Å². The number of nitrogens with zero attached hydrogens (tertiary/aromatic N) is 3. The van der Waals surface area contributed by atoms with E-state index in [0.717, 1.165) is 58.5 Å². The maximum absolute atomic E-state index is 13.7. The van der Waals surface area contributed by atoms with E-state index in [1.165, 1.54) is 4.31 Å². The number of hydrogen-bond acceptors (Lipinski definition) is 4. The first-order chi connectivity index (χ1) is 23.3. The molecular weight excluding hydrogens is 696 g/mol. The molecule has 0 atom stereocenters. The average molecular weight is 728 g/mol. The molecule has 0 spiro atoms. The van der Waals surface area contributed by atoms with Crippen molar-refractivity contribution in [1.29, 1.82) is 0 Å². The third-order valence-electron chi connectivity index (χ3n) is 9.41. The first-order valence-electron chi connectivity index (χ1n) is 15.8. The number of piperidine rings is 1. The van der Waals surface area contributed by atoms with E-state index < -0.39 is 38.1 Å². The van der Waals surface area contributed by atoms with Gasteiger partial charge in [-0.25, -0.2) is 13.4 Å². The number of sulfonamides is 1. The highest BCUT2D eigenvalue weighted by atomic mass is 35.5. The van der Waals surface area contributed by atoms with Crippen molar-refractivity contribution < 1.29 is 26.4 Å². The van der Waals surface area contributed by atoms with E-state index in [9.17, 15) is 26.4 Å². The van der Waals surface area contributed by atoms with Gasteiger partial charge in [0.15, 0.2) is 0 Å².